The van der Waals surface area contributed by atoms with E-state index >= 15 is 0 Å². The molecule has 4 aliphatic rings. The predicted molar refractivity (Wildman–Crippen MR) is 116 cm³/mol. The molecule has 1 N–H and O–H groups in total. The number of thioether (sulfide) groups is 1. The Morgan fingerprint density at radius 3 is 2.47 bits per heavy atom. The number of fused-ring (bicyclic) bond motifs is 1. The van der Waals surface area contributed by atoms with Crippen molar-refractivity contribution in [2.75, 3.05) is 5.75 Å². The smallest absolute Gasteiger partial charge is 0.230 e. The first-order valence-corrected chi connectivity index (χ1v) is 11.8. The Labute approximate surface area is 179 Å². The van der Waals surface area contributed by atoms with E-state index in [-0.39, 0.29) is 11.4 Å². The predicted octanol–water partition coefficient (Wildman–Crippen LogP) is 3.99. The normalized spacial score (nSPS) is 29.4. The summed E-state index contributed by atoms with van der Waals surface area (Å²) in [6.07, 6.45) is 11.0. The molecule has 154 valence electrons. The van der Waals surface area contributed by atoms with E-state index in [4.69, 9.17) is 0 Å². The van der Waals surface area contributed by atoms with Gasteiger partial charge in [0.15, 0.2) is 5.65 Å². The van der Waals surface area contributed by atoms with Crippen LogP contribution in [0.5, 0.6) is 0 Å². The summed E-state index contributed by atoms with van der Waals surface area (Å²) in [6.45, 7) is 0. The van der Waals surface area contributed by atoms with Crippen molar-refractivity contribution in [3.8, 4) is 5.69 Å². The number of benzene rings is 1. The number of hydrogen-bond donors (Lipinski definition) is 1. The van der Waals surface area contributed by atoms with Crippen LogP contribution >= 0.6 is 11.8 Å². The summed E-state index contributed by atoms with van der Waals surface area (Å²) < 4.78 is 1.82. The van der Waals surface area contributed by atoms with Gasteiger partial charge in [-0.15, -0.1) is 0 Å². The Hall–Kier alpha value is -2.41. The first-order valence-electron chi connectivity index (χ1n) is 10.9. The summed E-state index contributed by atoms with van der Waals surface area (Å²) in [5.74, 6) is 2.99. The fourth-order valence-electron chi connectivity index (χ4n) is 6.43. The highest BCUT2D eigenvalue weighted by atomic mass is 32.2. The maximum atomic E-state index is 12.9. The lowest BCUT2D eigenvalue weighted by molar-refractivity contribution is -0.124. The van der Waals surface area contributed by atoms with E-state index in [1.54, 1.807) is 12.5 Å². The molecule has 2 heterocycles. The summed E-state index contributed by atoms with van der Waals surface area (Å²) in [5, 5.41) is 9.64. The van der Waals surface area contributed by atoms with Gasteiger partial charge in [-0.2, -0.15) is 5.10 Å². The molecular formula is C23H25N5OS. The SMILES string of the molecule is O=C(CSc1ncnc2c1cnn2-c1ccccc1)NC12CC3CC(CC(C3)C1)C2. The molecule has 0 aliphatic heterocycles. The van der Waals surface area contributed by atoms with Crippen LogP contribution in [0.4, 0.5) is 0 Å². The molecule has 0 spiro atoms. The zero-order chi connectivity index (χ0) is 20.1. The van der Waals surface area contributed by atoms with Crippen molar-refractivity contribution in [3.05, 3.63) is 42.9 Å². The molecule has 3 aromatic rings. The Kier molecular flexibility index (Phi) is 4.33. The molecule has 0 atom stereocenters. The van der Waals surface area contributed by atoms with Crippen molar-refractivity contribution in [3.63, 3.8) is 0 Å². The van der Waals surface area contributed by atoms with Crippen LogP contribution in [-0.4, -0.2) is 36.9 Å². The summed E-state index contributed by atoms with van der Waals surface area (Å²) in [5.41, 5.74) is 1.79. The molecule has 6 nitrogen and oxygen atoms in total. The van der Waals surface area contributed by atoms with Gasteiger partial charge >= 0.3 is 0 Å². The molecule has 4 aliphatic carbocycles. The Balaban J connectivity index is 1.17. The zero-order valence-corrected chi connectivity index (χ0v) is 17.6. The number of para-hydroxylation sites is 1. The number of amides is 1. The maximum absolute atomic E-state index is 12.9. The topological polar surface area (TPSA) is 72.7 Å². The van der Waals surface area contributed by atoms with Gasteiger partial charge in [0.1, 0.15) is 11.4 Å². The fourth-order valence-corrected chi connectivity index (χ4v) is 7.19. The lowest BCUT2D eigenvalue weighted by Gasteiger charge is -2.56. The number of nitrogens with zero attached hydrogens (tertiary/aromatic N) is 4. The minimum Gasteiger partial charge on any atom is -0.350 e. The molecule has 2 aromatic heterocycles. The molecule has 4 saturated carbocycles. The highest BCUT2D eigenvalue weighted by molar-refractivity contribution is 8.00. The molecule has 1 amide bonds. The van der Waals surface area contributed by atoms with Crippen LogP contribution in [0.3, 0.4) is 0 Å². The summed E-state index contributed by atoms with van der Waals surface area (Å²) in [6, 6.07) is 9.94. The van der Waals surface area contributed by atoms with Gasteiger partial charge in [-0.3, -0.25) is 4.79 Å². The lowest BCUT2D eigenvalue weighted by atomic mass is 9.53. The molecule has 7 rings (SSSR count). The fraction of sp³-hybridized carbons (Fsp3) is 0.478. The van der Waals surface area contributed by atoms with Gasteiger partial charge in [-0.25, -0.2) is 14.6 Å². The average Bonchev–Trinajstić information content (AvgIpc) is 3.16. The lowest BCUT2D eigenvalue weighted by Crippen LogP contribution is -2.60. The molecular weight excluding hydrogens is 394 g/mol. The number of carbonyl (C=O) groups is 1. The second-order valence-corrected chi connectivity index (χ2v) is 10.3. The molecule has 7 heteroatoms. The highest BCUT2D eigenvalue weighted by Crippen LogP contribution is 2.55. The van der Waals surface area contributed by atoms with Gasteiger partial charge in [-0.1, -0.05) is 30.0 Å². The zero-order valence-electron chi connectivity index (χ0n) is 16.8. The van der Waals surface area contributed by atoms with Crippen molar-refractivity contribution in [1.82, 2.24) is 25.1 Å². The van der Waals surface area contributed by atoms with Crippen LogP contribution < -0.4 is 5.32 Å². The molecule has 4 fully saturated rings. The third-order valence-electron chi connectivity index (χ3n) is 7.11. The first-order chi connectivity index (χ1) is 14.7. The molecule has 1 aromatic carbocycles. The van der Waals surface area contributed by atoms with Gasteiger partial charge in [0, 0.05) is 5.54 Å². The number of aromatic nitrogens is 4. The average molecular weight is 420 g/mol. The Bertz CT molecular complexity index is 1060. The number of hydrogen-bond acceptors (Lipinski definition) is 5. The number of nitrogens with one attached hydrogen (secondary N) is 1. The maximum Gasteiger partial charge on any atom is 0.230 e. The molecule has 30 heavy (non-hydrogen) atoms. The highest BCUT2D eigenvalue weighted by Gasteiger charge is 2.51. The van der Waals surface area contributed by atoms with E-state index in [1.165, 1.54) is 50.3 Å². The molecule has 4 bridgehead atoms. The second-order valence-electron chi connectivity index (χ2n) is 9.34. The first kappa shape index (κ1) is 18.4. The molecule has 0 unspecified atom stereocenters. The summed E-state index contributed by atoms with van der Waals surface area (Å²) in [4.78, 5) is 21.7. The molecule has 0 saturated heterocycles. The van der Waals surface area contributed by atoms with E-state index in [9.17, 15) is 4.79 Å². The van der Waals surface area contributed by atoms with Crippen molar-refractivity contribution >= 4 is 28.7 Å². The third-order valence-corrected chi connectivity index (χ3v) is 8.12. The van der Waals surface area contributed by atoms with Crippen LogP contribution in [0.15, 0.2) is 47.9 Å². The Morgan fingerprint density at radius 1 is 1.07 bits per heavy atom. The quantitative estimate of drug-likeness (QED) is 0.500. The second kappa shape index (κ2) is 7.08. The standard InChI is InChI=1S/C23H25N5OS/c29-20(27-23-9-15-6-16(10-23)8-17(7-15)11-23)13-30-22-19-12-26-28(21(19)24-14-25-22)18-4-2-1-3-5-18/h1-5,12,14-17H,6-11,13H2,(H,27,29). The summed E-state index contributed by atoms with van der Waals surface area (Å²) in [7, 11) is 0. The van der Waals surface area contributed by atoms with Crippen molar-refractivity contribution < 1.29 is 4.79 Å². The van der Waals surface area contributed by atoms with Crippen LogP contribution in [0.2, 0.25) is 0 Å². The van der Waals surface area contributed by atoms with E-state index in [1.807, 2.05) is 35.0 Å². The van der Waals surface area contributed by atoms with Crippen molar-refractivity contribution in [2.24, 2.45) is 17.8 Å². The minimum absolute atomic E-state index is 0.0611. The van der Waals surface area contributed by atoms with Gasteiger partial charge in [0.25, 0.3) is 0 Å². The monoisotopic (exact) mass is 419 g/mol. The van der Waals surface area contributed by atoms with Crippen molar-refractivity contribution in [1.29, 1.82) is 0 Å². The van der Waals surface area contributed by atoms with Crippen molar-refractivity contribution in [2.45, 2.75) is 49.1 Å². The minimum atomic E-state index is 0.0611. The van der Waals surface area contributed by atoms with Crippen LogP contribution in [0.1, 0.15) is 38.5 Å². The van der Waals surface area contributed by atoms with Gasteiger partial charge in [-0.05, 0) is 68.4 Å². The van der Waals surface area contributed by atoms with Gasteiger partial charge in [0.05, 0.1) is 23.0 Å². The third kappa shape index (κ3) is 3.20. The summed E-state index contributed by atoms with van der Waals surface area (Å²) >= 11 is 1.48. The van der Waals surface area contributed by atoms with Gasteiger partial charge < -0.3 is 5.32 Å². The van der Waals surface area contributed by atoms with E-state index < -0.39 is 0 Å². The van der Waals surface area contributed by atoms with E-state index in [0.29, 0.717) is 5.75 Å². The van der Waals surface area contributed by atoms with Gasteiger partial charge in [0.2, 0.25) is 5.91 Å². The number of carbonyl (C=O) groups excluding carboxylic acids is 1. The largest absolute Gasteiger partial charge is 0.350 e. The van der Waals surface area contributed by atoms with Crippen LogP contribution in [-0.2, 0) is 4.79 Å². The van der Waals surface area contributed by atoms with Crippen LogP contribution in [0, 0.1) is 17.8 Å². The number of rotatable bonds is 5. The Morgan fingerprint density at radius 2 is 1.77 bits per heavy atom. The van der Waals surface area contributed by atoms with E-state index in [2.05, 4.69) is 20.4 Å². The van der Waals surface area contributed by atoms with Crippen LogP contribution in [0.25, 0.3) is 16.7 Å². The van der Waals surface area contributed by atoms with E-state index in [0.717, 1.165) is 39.5 Å². The molecule has 0 radical (unpaired) electrons.